The number of benzene rings is 2. The number of nitrogens with zero attached hydrogens (tertiary/aromatic N) is 2. The Morgan fingerprint density at radius 1 is 0.897 bits per heavy atom. The Hall–Kier alpha value is -2.63. The molecule has 0 saturated carbocycles. The maximum Gasteiger partial charge on any atom is 0.189 e. The average molecular weight is 397 g/mol. The SMILES string of the molecule is Cc1ccc(OCCN(C)C)c(C(=O)/C=C/c2ccccc2OCCN(C)C)c1. The molecular formula is C24H32N2O3. The van der Waals surface area contributed by atoms with Gasteiger partial charge in [-0.3, -0.25) is 4.79 Å². The molecule has 0 bridgehead atoms. The van der Waals surface area contributed by atoms with Gasteiger partial charge in [0.25, 0.3) is 0 Å². The van der Waals surface area contributed by atoms with Crippen LogP contribution in [-0.2, 0) is 0 Å². The Labute approximate surface area is 174 Å². The summed E-state index contributed by atoms with van der Waals surface area (Å²) in [4.78, 5) is 17.0. The lowest BCUT2D eigenvalue weighted by Crippen LogP contribution is -2.20. The van der Waals surface area contributed by atoms with E-state index in [4.69, 9.17) is 9.47 Å². The van der Waals surface area contributed by atoms with Crippen LogP contribution in [0.2, 0.25) is 0 Å². The van der Waals surface area contributed by atoms with Crippen LogP contribution in [-0.4, -0.2) is 70.1 Å². The molecule has 5 heteroatoms. The van der Waals surface area contributed by atoms with Gasteiger partial charge < -0.3 is 19.3 Å². The van der Waals surface area contributed by atoms with Crippen LogP contribution in [0.1, 0.15) is 21.5 Å². The van der Waals surface area contributed by atoms with Crippen molar-refractivity contribution < 1.29 is 14.3 Å². The third-order valence-corrected chi connectivity index (χ3v) is 4.33. The molecule has 0 unspecified atom stereocenters. The molecule has 0 aliphatic heterocycles. The first-order valence-corrected chi connectivity index (χ1v) is 9.84. The molecule has 0 atom stereocenters. The second-order valence-electron chi connectivity index (χ2n) is 7.54. The number of hydrogen-bond acceptors (Lipinski definition) is 5. The second kappa shape index (κ2) is 11.4. The van der Waals surface area contributed by atoms with E-state index in [1.807, 2.05) is 82.5 Å². The van der Waals surface area contributed by atoms with E-state index in [1.165, 1.54) is 0 Å². The minimum Gasteiger partial charge on any atom is -0.492 e. The Bertz CT molecular complexity index is 829. The van der Waals surface area contributed by atoms with Crippen LogP contribution in [0.3, 0.4) is 0 Å². The number of rotatable bonds is 11. The minimum atomic E-state index is -0.0864. The third kappa shape index (κ3) is 7.72. The molecule has 0 spiro atoms. The highest BCUT2D eigenvalue weighted by Crippen LogP contribution is 2.23. The second-order valence-corrected chi connectivity index (χ2v) is 7.54. The zero-order chi connectivity index (χ0) is 21.2. The normalized spacial score (nSPS) is 11.4. The first-order chi connectivity index (χ1) is 13.9. The molecule has 0 radical (unpaired) electrons. The molecule has 2 aromatic carbocycles. The lowest BCUT2D eigenvalue weighted by atomic mass is 10.0. The number of ether oxygens (including phenoxy) is 2. The molecule has 0 fully saturated rings. The first kappa shape index (κ1) is 22.7. The number of aryl methyl sites for hydroxylation is 1. The summed E-state index contributed by atoms with van der Waals surface area (Å²) in [6, 6.07) is 13.4. The Morgan fingerprint density at radius 2 is 1.52 bits per heavy atom. The van der Waals surface area contributed by atoms with Crippen molar-refractivity contribution in [1.29, 1.82) is 0 Å². The van der Waals surface area contributed by atoms with Crippen LogP contribution in [0, 0.1) is 6.92 Å². The fourth-order valence-corrected chi connectivity index (χ4v) is 2.64. The van der Waals surface area contributed by atoms with Crippen LogP contribution in [0.4, 0.5) is 0 Å². The molecule has 0 heterocycles. The summed E-state index contributed by atoms with van der Waals surface area (Å²) in [5.41, 5.74) is 2.47. The van der Waals surface area contributed by atoms with Gasteiger partial charge in [0, 0.05) is 18.7 Å². The Balaban J connectivity index is 2.14. The van der Waals surface area contributed by atoms with Crippen molar-refractivity contribution in [3.05, 3.63) is 65.2 Å². The summed E-state index contributed by atoms with van der Waals surface area (Å²) < 4.78 is 11.7. The fourth-order valence-electron chi connectivity index (χ4n) is 2.64. The number of para-hydroxylation sites is 1. The molecule has 156 valence electrons. The predicted molar refractivity (Wildman–Crippen MR) is 119 cm³/mol. The average Bonchev–Trinajstić information content (AvgIpc) is 2.67. The van der Waals surface area contributed by atoms with Gasteiger partial charge >= 0.3 is 0 Å². The van der Waals surface area contributed by atoms with Crippen LogP contribution in [0.25, 0.3) is 6.08 Å². The molecule has 0 aliphatic carbocycles. The lowest BCUT2D eigenvalue weighted by Gasteiger charge is -2.14. The highest BCUT2D eigenvalue weighted by Gasteiger charge is 2.11. The van der Waals surface area contributed by atoms with Gasteiger partial charge in [-0.2, -0.15) is 0 Å². The zero-order valence-corrected chi connectivity index (χ0v) is 18.1. The first-order valence-electron chi connectivity index (χ1n) is 9.84. The molecule has 0 aromatic heterocycles. The number of hydrogen-bond donors (Lipinski definition) is 0. The van der Waals surface area contributed by atoms with Crippen molar-refractivity contribution in [2.45, 2.75) is 6.92 Å². The van der Waals surface area contributed by atoms with Gasteiger partial charge in [-0.25, -0.2) is 0 Å². The molecule has 0 amide bonds. The van der Waals surface area contributed by atoms with E-state index in [9.17, 15) is 4.79 Å². The standard InChI is InChI=1S/C24H32N2O3/c1-19-10-13-24(29-17-15-26(4)5)21(18-19)22(27)12-11-20-8-6-7-9-23(20)28-16-14-25(2)3/h6-13,18H,14-17H2,1-5H3/b12-11+. The number of allylic oxidation sites excluding steroid dienone is 1. The summed E-state index contributed by atoms with van der Waals surface area (Å²) in [6.07, 6.45) is 3.39. The van der Waals surface area contributed by atoms with E-state index < -0.39 is 0 Å². The zero-order valence-electron chi connectivity index (χ0n) is 18.1. The Morgan fingerprint density at radius 3 is 2.17 bits per heavy atom. The number of likely N-dealkylation sites (N-methyl/N-ethyl adjacent to an activating group) is 2. The highest BCUT2D eigenvalue weighted by molar-refractivity contribution is 6.08. The third-order valence-electron chi connectivity index (χ3n) is 4.33. The van der Waals surface area contributed by atoms with Crippen molar-refractivity contribution in [2.75, 3.05) is 54.5 Å². The monoisotopic (exact) mass is 396 g/mol. The molecule has 0 saturated heterocycles. The Kier molecular flexibility index (Phi) is 8.90. The lowest BCUT2D eigenvalue weighted by molar-refractivity contribution is 0.104. The topological polar surface area (TPSA) is 42.0 Å². The van der Waals surface area contributed by atoms with Gasteiger partial charge in [0.1, 0.15) is 24.7 Å². The molecular weight excluding hydrogens is 364 g/mol. The summed E-state index contributed by atoms with van der Waals surface area (Å²) in [6.45, 7) is 4.71. The highest BCUT2D eigenvalue weighted by atomic mass is 16.5. The number of ketones is 1. The van der Waals surface area contributed by atoms with Crippen LogP contribution in [0.5, 0.6) is 11.5 Å². The summed E-state index contributed by atoms with van der Waals surface area (Å²) in [5, 5.41) is 0. The van der Waals surface area contributed by atoms with Gasteiger partial charge in [-0.15, -0.1) is 0 Å². The number of carbonyl (C=O) groups is 1. The minimum absolute atomic E-state index is 0.0864. The molecule has 0 aliphatic rings. The predicted octanol–water partition coefficient (Wildman–Crippen LogP) is 3.77. The van der Waals surface area contributed by atoms with Crippen molar-refractivity contribution in [3.63, 3.8) is 0 Å². The van der Waals surface area contributed by atoms with Gasteiger partial charge in [0.05, 0.1) is 5.56 Å². The van der Waals surface area contributed by atoms with Crippen molar-refractivity contribution in [3.8, 4) is 11.5 Å². The smallest absolute Gasteiger partial charge is 0.189 e. The van der Waals surface area contributed by atoms with E-state index >= 15 is 0 Å². The van der Waals surface area contributed by atoms with Gasteiger partial charge in [0.15, 0.2) is 5.78 Å². The summed E-state index contributed by atoms with van der Waals surface area (Å²) in [7, 11) is 8.00. The van der Waals surface area contributed by atoms with Crippen LogP contribution in [0.15, 0.2) is 48.5 Å². The molecule has 2 rings (SSSR count). The van der Waals surface area contributed by atoms with Crippen molar-refractivity contribution in [1.82, 2.24) is 9.80 Å². The summed E-state index contributed by atoms with van der Waals surface area (Å²) in [5.74, 6) is 1.30. The van der Waals surface area contributed by atoms with Crippen LogP contribution < -0.4 is 9.47 Å². The largest absolute Gasteiger partial charge is 0.492 e. The van der Waals surface area contributed by atoms with Gasteiger partial charge in [0.2, 0.25) is 0 Å². The summed E-state index contributed by atoms with van der Waals surface area (Å²) >= 11 is 0. The molecule has 0 N–H and O–H groups in total. The van der Waals surface area contributed by atoms with Crippen molar-refractivity contribution >= 4 is 11.9 Å². The number of carbonyl (C=O) groups excluding carboxylic acids is 1. The maximum absolute atomic E-state index is 12.9. The van der Waals surface area contributed by atoms with Crippen molar-refractivity contribution in [2.24, 2.45) is 0 Å². The van der Waals surface area contributed by atoms with E-state index in [0.29, 0.717) is 24.5 Å². The van der Waals surface area contributed by atoms with E-state index in [-0.39, 0.29) is 5.78 Å². The van der Waals surface area contributed by atoms with Crippen LogP contribution >= 0.6 is 0 Å². The quantitative estimate of drug-likeness (QED) is 0.427. The maximum atomic E-state index is 12.9. The van der Waals surface area contributed by atoms with Gasteiger partial charge in [-0.1, -0.05) is 29.8 Å². The fraction of sp³-hybridized carbons (Fsp3) is 0.375. The molecule has 29 heavy (non-hydrogen) atoms. The molecule has 5 nitrogen and oxygen atoms in total. The van der Waals surface area contributed by atoms with E-state index in [1.54, 1.807) is 12.2 Å². The molecule has 2 aromatic rings. The van der Waals surface area contributed by atoms with E-state index in [0.717, 1.165) is 30.0 Å². The van der Waals surface area contributed by atoms with E-state index in [2.05, 4.69) is 4.90 Å². The van der Waals surface area contributed by atoms with Gasteiger partial charge in [-0.05, 0) is 65.5 Å².